The average molecular weight is 306 g/mol. The molecule has 1 N–H and O–H groups in total. The zero-order valence-corrected chi connectivity index (χ0v) is 13.5. The fourth-order valence-corrected chi connectivity index (χ4v) is 3.57. The maximum Gasteiger partial charge on any atom is 0.0621 e. The summed E-state index contributed by atoms with van der Waals surface area (Å²) in [6.45, 7) is 5.29. The Hall–Kier alpha value is -2.20. The number of likely N-dealkylation sites (tertiary alicyclic amines) is 1. The summed E-state index contributed by atoms with van der Waals surface area (Å²) >= 11 is 0. The molecule has 0 unspecified atom stereocenters. The summed E-state index contributed by atoms with van der Waals surface area (Å²) < 4.78 is 0. The number of hydrogen-bond acceptors (Lipinski definition) is 3. The number of fused-ring (bicyclic) bond motifs is 1. The van der Waals surface area contributed by atoms with Crippen molar-refractivity contribution in [1.82, 2.24) is 19.9 Å². The van der Waals surface area contributed by atoms with E-state index in [-0.39, 0.29) is 0 Å². The highest BCUT2D eigenvalue weighted by molar-refractivity contribution is 5.82. The van der Waals surface area contributed by atoms with Crippen LogP contribution in [-0.4, -0.2) is 32.9 Å². The van der Waals surface area contributed by atoms with Crippen LogP contribution in [0.2, 0.25) is 0 Å². The highest BCUT2D eigenvalue weighted by Gasteiger charge is 2.22. The Morgan fingerprint density at radius 1 is 1.17 bits per heavy atom. The molecule has 2 aromatic heterocycles. The molecule has 0 atom stereocenters. The molecule has 23 heavy (non-hydrogen) atoms. The Balaban J connectivity index is 1.42. The molecule has 0 spiro atoms. The molecule has 4 heteroatoms. The van der Waals surface area contributed by atoms with Crippen molar-refractivity contribution in [2.45, 2.75) is 32.2 Å². The molecule has 3 aromatic rings. The lowest BCUT2D eigenvalue weighted by atomic mass is 9.93. The standard InChI is InChI=1S/C19H22N4/c1-14-10-20-12-19(22-14)15-6-8-23(9-7-15)13-16-11-21-18-5-3-2-4-17(16)18/h2-5,10-12,15,21H,6-9,13H2,1H3. The lowest BCUT2D eigenvalue weighted by Gasteiger charge is -2.31. The first kappa shape index (κ1) is 14.4. The summed E-state index contributed by atoms with van der Waals surface area (Å²) in [5.41, 5.74) is 4.81. The quantitative estimate of drug-likeness (QED) is 0.803. The highest BCUT2D eigenvalue weighted by atomic mass is 15.1. The van der Waals surface area contributed by atoms with Crippen LogP contribution in [0.5, 0.6) is 0 Å². The van der Waals surface area contributed by atoms with Gasteiger partial charge >= 0.3 is 0 Å². The second-order valence-corrected chi connectivity index (χ2v) is 6.50. The molecule has 1 aliphatic rings. The Labute approximate surface area is 136 Å². The van der Waals surface area contributed by atoms with Crippen LogP contribution in [0, 0.1) is 6.92 Å². The number of aromatic amines is 1. The number of nitrogens with one attached hydrogen (secondary N) is 1. The summed E-state index contributed by atoms with van der Waals surface area (Å²) in [5.74, 6) is 0.557. The second-order valence-electron chi connectivity index (χ2n) is 6.50. The predicted octanol–water partition coefficient (Wildman–Crippen LogP) is 3.65. The van der Waals surface area contributed by atoms with E-state index >= 15 is 0 Å². The largest absolute Gasteiger partial charge is 0.361 e. The number of nitrogens with zero attached hydrogens (tertiary/aromatic N) is 3. The first-order valence-corrected chi connectivity index (χ1v) is 8.35. The van der Waals surface area contributed by atoms with Gasteiger partial charge in [0.05, 0.1) is 11.4 Å². The van der Waals surface area contributed by atoms with E-state index in [0.717, 1.165) is 31.0 Å². The first-order valence-electron chi connectivity index (χ1n) is 8.35. The predicted molar refractivity (Wildman–Crippen MR) is 92.3 cm³/mol. The monoisotopic (exact) mass is 306 g/mol. The zero-order chi connectivity index (χ0) is 15.6. The molecule has 1 aliphatic heterocycles. The van der Waals surface area contributed by atoms with Gasteiger partial charge in [0.15, 0.2) is 0 Å². The van der Waals surface area contributed by atoms with E-state index in [1.54, 1.807) is 0 Å². The van der Waals surface area contributed by atoms with Crippen molar-refractivity contribution in [1.29, 1.82) is 0 Å². The molecule has 118 valence electrons. The molecular weight excluding hydrogens is 284 g/mol. The number of rotatable bonds is 3. The van der Waals surface area contributed by atoms with Crippen molar-refractivity contribution >= 4 is 10.9 Å². The minimum atomic E-state index is 0.557. The van der Waals surface area contributed by atoms with Gasteiger partial charge < -0.3 is 4.98 Å². The van der Waals surface area contributed by atoms with Gasteiger partial charge in [-0.3, -0.25) is 14.9 Å². The van der Waals surface area contributed by atoms with Crippen molar-refractivity contribution in [3.8, 4) is 0 Å². The summed E-state index contributed by atoms with van der Waals surface area (Å²) in [5, 5.41) is 1.35. The van der Waals surface area contributed by atoms with Gasteiger partial charge in [-0.25, -0.2) is 0 Å². The van der Waals surface area contributed by atoms with E-state index in [9.17, 15) is 0 Å². The molecule has 1 saturated heterocycles. The van der Waals surface area contributed by atoms with Crippen LogP contribution in [0.1, 0.15) is 35.7 Å². The normalized spacial score (nSPS) is 16.9. The summed E-state index contributed by atoms with van der Waals surface area (Å²) in [6.07, 6.45) is 8.26. The Bertz CT molecular complexity index is 800. The van der Waals surface area contributed by atoms with E-state index < -0.39 is 0 Å². The van der Waals surface area contributed by atoms with Crippen molar-refractivity contribution in [3.63, 3.8) is 0 Å². The molecule has 0 radical (unpaired) electrons. The Morgan fingerprint density at radius 2 is 2.00 bits per heavy atom. The van der Waals surface area contributed by atoms with Gasteiger partial charge in [-0.15, -0.1) is 0 Å². The molecular formula is C19H22N4. The van der Waals surface area contributed by atoms with E-state index in [2.05, 4.69) is 50.3 Å². The third kappa shape index (κ3) is 2.99. The van der Waals surface area contributed by atoms with E-state index in [1.165, 1.54) is 29.3 Å². The molecule has 0 bridgehead atoms. The second kappa shape index (κ2) is 6.13. The highest BCUT2D eigenvalue weighted by Crippen LogP contribution is 2.28. The van der Waals surface area contributed by atoms with E-state index in [4.69, 9.17) is 0 Å². The van der Waals surface area contributed by atoms with E-state index in [0.29, 0.717) is 5.92 Å². The van der Waals surface area contributed by atoms with Crippen molar-refractivity contribution in [3.05, 3.63) is 59.8 Å². The maximum atomic E-state index is 4.65. The molecule has 3 heterocycles. The number of hydrogen-bond donors (Lipinski definition) is 1. The molecule has 0 amide bonds. The van der Waals surface area contributed by atoms with Crippen LogP contribution >= 0.6 is 0 Å². The van der Waals surface area contributed by atoms with Crippen LogP contribution in [0.25, 0.3) is 10.9 Å². The third-order valence-electron chi connectivity index (χ3n) is 4.85. The number of aromatic nitrogens is 3. The average Bonchev–Trinajstić information content (AvgIpc) is 2.99. The van der Waals surface area contributed by atoms with Gasteiger partial charge in [0, 0.05) is 42.0 Å². The van der Waals surface area contributed by atoms with Crippen molar-refractivity contribution in [2.24, 2.45) is 0 Å². The topological polar surface area (TPSA) is 44.8 Å². The molecule has 1 fully saturated rings. The van der Waals surface area contributed by atoms with Gasteiger partial charge in [-0.1, -0.05) is 18.2 Å². The Morgan fingerprint density at radius 3 is 2.83 bits per heavy atom. The number of H-pyrrole nitrogens is 1. The lowest BCUT2D eigenvalue weighted by molar-refractivity contribution is 0.203. The zero-order valence-electron chi connectivity index (χ0n) is 13.5. The molecule has 4 rings (SSSR count). The third-order valence-corrected chi connectivity index (χ3v) is 4.85. The fraction of sp³-hybridized carbons (Fsp3) is 0.368. The molecule has 0 saturated carbocycles. The van der Waals surface area contributed by atoms with Crippen LogP contribution in [0.15, 0.2) is 42.9 Å². The minimum Gasteiger partial charge on any atom is -0.361 e. The summed E-state index contributed by atoms with van der Waals surface area (Å²) in [6, 6.07) is 8.54. The minimum absolute atomic E-state index is 0.557. The first-order chi connectivity index (χ1) is 11.3. The summed E-state index contributed by atoms with van der Waals surface area (Å²) in [7, 11) is 0. The molecule has 1 aromatic carbocycles. The van der Waals surface area contributed by atoms with Gasteiger partial charge in [-0.05, 0) is 44.5 Å². The maximum absolute atomic E-state index is 4.65. The number of piperidine rings is 1. The van der Waals surface area contributed by atoms with Gasteiger partial charge in [0.25, 0.3) is 0 Å². The lowest BCUT2D eigenvalue weighted by Crippen LogP contribution is -2.32. The van der Waals surface area contributed by atoms with Crippen LogP contribution in [0.3, 0.4) is 0 Å². The van der Waals surface area contributed by atoms with Crippen molar-refractivity contribution < 1.29 is 0 Å². The van der Waals surface area contributed by atoms with Gasteiger partial charge in [0.1, 0.15) is 0 Å². The molecule has 0 aliphatic carbocycles. The van der Waals surface area contributed by atoms with Crippen LogP contribution < -0.4 is 0 Å². The van der Waals surface area contributed by atoms with E-state index in [1.807, 2.05) is 19.3 Å². The summed E-state index contributed by atoms with van der Waals surface area (Å²) in [4.78, 5) is 14.9. The fourth-order valence-electron chi connectivity index (χ4n) is 3.57. The van der Waals surface area contributed by atoms with Gasteiger partial charge in [0.2, 0.25) is 0 Å². The van der Waals surface area contributed by atoms with Crippen molar-refractivity contribution in [2.75, 3.05) is 13.1 Å². The number of para-hydroxylation sites is 1. The smallest absolute Gasteiger partial charge is 0.0621 e. The SMILES string of the molecule is Cc1cncc(C2CCN(Cc3c[nH]c4ccccc34)CC2)n1. The Kier molecular flexibility index (Phi) is 3.83. The molecule has 4 nitrogen and oxygen atoms in total. The number of aryl methyl sites for hydroxylation is 1. The van der Waals surface area contributed by atoms with Gasteiger partial charge in [-0.2, -0.15) is 0 Å². The number of benzene rings is 1. The van der Waals surface area contributed by atoms with Crippen LogP contribution in [-0.2, 0) is 6.54 Å². The van der Waals surface area contributed by atoms with Crippen LogP contribution in [0.4, 0.5) is 0 Å².